The highest BCUT2D eigenvalue weighted by atomic mass is 16.5. The van der Waals surface area contributed by atoms with E-state index in [1.165, 1.54) is 0 Å². The quantitative estimate of drug-likeness (QED) is 0.557. The molecule has 1 saturated heterocycles. The third-order valence-corrected chi connectivity index (χ3v) is 5.71. The summed E-state index contributed by atoms with van der Waals surface area (Å²) < 4.78 is 8.26. The lowest BCUT2D eigenvalue weighted by Crippen LogP contribution is -2.39. The molecule has 5 heteroatoms. The van der Waals surface area contributed by atoms with Crippen molar-refractivity contribution in [3.63, 3.8) is 0 Å². The molecule has 0 unspecified atom stereocenters. The van der Waals surface area contributed by atoms with Crippen molar-refractivity contribution in [3.05, 3.63) is 78.4 Å². The van der Waals surface area contributed by atoms with Gasteiger partial charge in [0.05, 0.1) is 5.56 Å². The molecule has 1 fully saturated rings. The number of aromatic nitrogens is 2. The van der Waals surface area contributed by atoms with Gasteiger partial charge in [-0.3, -0.25) is 4.79 Å². The first-order chi connectivity index (χ1) is 14.6. The molecular formula is C25H29N3O2. The van der Waals surface area contributed by atoms with Gasteiger partial charge in [0.25, 0.3) is 5.91 Å². The van der Waals surface area contributed by atoms with E-state index < -0.39 is 0 Å². The van der Waals surface area contributed by atoms with Gasteiger partial charge in [0.15, 0.2) is 0 Å². The van der Waals surface area contributed by atoms with Crippen molar-refractivity contribution in [1.82, 2.24) is 14.5 Å². The number of rotatable bonds is 6. The Morgan fingerprint density at radius 3 is 2.50 bits per heavy atom. The zero-order valence-electron chi connectivity index (χ0n) is 17.7. The van der Waals surface area contributed by atoms with Crippen molar-refractivity contribution >= 4 is 5.91 Å². The van der Waals surface area contributed by atoms with E-state index in [0.717, 1.165) is 44.0 Å². The number of imidazole rings is 1. The third kappa shape index (κ3) is 4.56. The van der Waals surface area contributed by atoms with Crippen molar-refractivity contribution in [2.75, 3.05) is 13.1 Å². The van der Waals surface area contributed by atoms with Crippen LogP contribution in [0.15, 0.2) is 67.0 Å². The minimum absolute atomic E-state index is 0.0467. The highest BCUT2D eigenvalue weighted by Crippen LogP contribution is 2.28. The number of hydrogen-bond donors (Lipinski definition) is 0. The van der Waals surface area contributed by atoms with Gasteiger partial charge in [-0.1, -0.05) is 44.2 Å². The summed E-state index contributed by atoms with van der Waals surface area (Å²) in [5, 5.41) is 0. The second kappa shape index (κ2) is 9.16. The van der Waals surface area contributed by atoms with Gasteiger partial charge in [0.1, 0.15) is 17.3 Å². The Bertz CT molecular complexity index is 973. The van der Waals surface area contributed by atoms with Crippen LogP contribution in [0.5, 0.6) is 11.5 Å². The Labute approximate surface area is 178 Å². The van der Waals surface area contributed by atoms with Crippen LogP contribution < -0.4 is 4.74 Å². The van der Waals surface area contributed by atoms with Gasteiger partial charge in [0, 0.05) is 37.9 Å². The van der Waals surface area contributed by atoms with Crippen molar-refractivity contribution in [2.24, 2.45) is 5.92 Å². The number of ether oxygens (including phenoxy) is 1. The topological polar surface area (TPSA) is 47.4 Å². The predicted octanol–water partition coefficient (Wildman–Crippen LogP) is 5.35. The molecule has 0 bridgehead atoms. The van der Waals surface area contributed by atoms with Crippen LogP contribution in [0.3, 0.4) is 0 Å². The zero-order chi connectivity index (χ0) is 20.9. The molecule has 0 spiro atoms. The summed E-state index contributed by atoms with van der Waals surface area (Å²) in [6.45, 7) is 6.87. The van der Waals surface area contributed by atoms with E-state index in [0.29, 0.717) is 23.1 Å². The Hall–Kier alpha value is -3.08. The maximum Gasteiger partial charge on any atom is 0.257 e. The Morgan fingerprint density at radius 1 is 1.07 bits per heavy atom. The molecule has 0 aliphatic carbocycles. The van der Waals surface area contributed by atoms with Crippen LogP contribution in [-0.4, -0.2) is 33.4 Å². The molecular weight excluding hydrogens is 374 g/mol. The second-order valence-corrected chi connectivity index (χ2v) is 8.24. The summed E-state index contributed by atoms with van der Waals surface area (Å²) in [4.78, 5) is 19.7. The van der Waals surface area contributed by atoms with Gasteiger partial charge >= 0.3 is 0 Å². The number of carbonyl (C=O) groups excluding carboxylic acids is 1. The zero-order valence-corrected chi connectivity index (χ0v) is 17.7. The van der Waals surface area contributed by atoms with Gasteiger partial charge < -0.3 is 14.2 Å². The van der Waals surface area contributed by atoms with Crippen LogP contribution in [0, 0.1) is 5.92 Å². The van der Waals surface area contributed by atoms with E-state index in [9.17, 15) is 4.79 Å². The monoisotopic (exact) mass is 403 g/mol. The lowest BCUT2D eigenvalue weighted by molar-refractivity contribution is 0.0680. The van der Waals surface area contributed by atoms with Gasteiger partial charge in [-0.2, -0.15) is 0 Å². The van der Waals surface area contributed by atoms with Crippen molar-refractivity contribution in [2.45, 2.75) is 39.2 Å². The Kier molecular flexibility index (Phi) is 6.17. The number of amides is 1. The summed E-state index contributed by atoms with van der Waals surface area (Å²) in [6.07, 6.45) is 5.97. The van der Waals surface area contributed by atoms with E-state index in [4.69, 9.17) is 4.74 Å². The minimum atomic E-state index is 0.0467. The van der Waals surface area contributed by atoms with E-state index in [-0.39, 0.29) is 5.91 Å². The fraction of sp³-hybridized carbons (Fsp3) is 0.360. The highest BCUT2D eigenvalue weighted by molar-refractivity contribution is 5.97. The fourth-order valence-electron chi connectivity index (χ4n) is 4.09. The summed E-state index contributed by atoms with van der Waals surface area (Å²) in [5.41, 5.74) is 0.622. The molecule has 3 aromatic rings. The number of nitrogens with zero attached hydrogens (tertiary/aromatic N) is 3. The van der Waals surface area contributed by atoms with Crippen LogP contribution in [0.1, 0.15) is 48.8 Å². The molecule has 2 aromatic carbocycles. The fourth-order valence-corrected chi connectivity index (χ4v) is 4.09. The molecule has 30 heavy (non-hydrogen) atoms. The SMILES string of the molecule is CC(C)c1nccn1CC1CCN(C(=O)c2ccccc2Oc2ccccc2)CC1. The maximum absolute atomic E-state index is 13.2. The van der Waals surface area contributed by atoms with E-state index in [2.05, 4.69) is 29.6 Å². The number of carbonyl (C=O) groups is 1. The molecule has 1 aliphatic rings. The number of piperidine rings is 1. The number of benzene rings is 2. The summed E-state index contributed by atoms with van der Waals surface area (Å²) in [7, 11) is 0. The van der Waals surface area contributed by atoms with Gasteiger partial charge in [-0.05, 0) is 43.0 Å². The van der Waals surface area contributed by atoms with E-state index in [1.54, 1.807) is 0 Å². The maximum atomic E-state index is 13.2. The summed E-state index contributed by atoms with van der Waals surface area (Å²) in [6, 6.07) is 17.1. The third-order valence-electron chi connectivity index (χ3n) is 5.71. The standard InChI is InChI=1S/C25H29N3O2/c1-19(2)24-26-14-17-28(24)18-20-12-15-27(16-13-20)25(29)22-10-6-7-11-23(22)30-21-8-4-3-5-9-21/h3-11,14,17,19-20H,12-13,15-16,18H2,1-2H3. The molecule has 4 rings (SSSR count). The summed E-state index contributed by atoms with van der Waals surface area (Å²) in [5.74, 6) is 3.51. The van der Waals surface area contributed by atoms with Gasteiger partial charge in [0.2, 0.25) is 0 Å². The minimum Gasteiger partial charge on any atom is -0.457 e. The normalized spacial score (nSPS) is 14.8. The lowest BCUT2D eigenvalue weighted by Gasteiger charge is -2.33. The lowest BCUT2D eigenvalue weighted by atomic mass is 9.96. The largest absolute Gasteiger partial charge is 0.457 e. The van der Waals surface area contributed by atoms with Crippen LogP contribution in [0.25, 0.3) is 0 Å². The first kappa shape index (κ1) is 20.2. The molecule has 156 valence electrons. The molecule has 0 atom stereocenters. The predicted molar refractivity (Wildman–Crippen MR) is 118 cm³/mol. The second-order valence-electron chi connectivity index (χ2n) is 8.24. The first-order valence-electron chi connectivity index (χ1n) is 10.7. The van der Waals surface area contributed by atoms with Crippen LogP contribution in [-0.2, 0) is 6.54 Å². The van der Waals surface area contributed by atoms with Crippen LogP contribution >= 0.6 is 0 Å². The summed E-state index contributed by atoms with van der Waals surface area (Å²) >= 11 is 0. The molecule has 1 amide bonds. The van der Waals surface area contributed by atoms with Crippen LogP contribution in [0.2, 0.25) is 0 Å². The van der Waals surface area contributed by atoms with Gasteiger partial charge in [-0.25, -0.2) is 4.98 Å². The average Bonchev–Trinajstić information content (AvgIpc) is 3.23. The van der Waals surface area contributed by atoms with Crippen molar-refractivity contribution in [1.29, 1.82) is 0 Å². The number of para-hydroxylation sites is 2. The highest BCUT2D eigenvalue weighted by Gasteiger charge is 2.26. The molecule has 0 saturated carbocycles. The molecule has 5 nitrogen and oxygen atoms in total. The first-order valence-corrected chi connectivity index (χ1v) is 10.7. The van der Waals surface area contributed by atoms with Crippen molar-refractivity contribution in [3.8, 4) is 11.5 Å². The molecule has 1 aromatic heterocycles. The number of likely N-dealkylation sites (tertiary alicyclic amines) is 1. The molecule has 1 aliphatic heterocycles. The smallest absolute Gasteiger partial charge is 0.257 e. The van der Waals surface area contributed by atoms with E-state index >= 15 is 0 Å². The van der Waals surface area contributed by atoms with Crippen molar-refractivity contribution < 1.29 is 9.53 Å². The Morgan fingerprint density at radius 2 is 1.77 bits per heavy atom. The average molecular weight is 404 g/mol. The number of hydrogen-bond acceptors (Lipinski definition) is 3. The van der Waals surface area contributed by atoms with Gasteiger partial charge in [-0.15, -0.1) is 0 Å². The molecule has 2 heterocycles. The van der Waals surface area contributed by atoms with Crippen LogP contribution in [0.4, 0.5) is 0 Å². The Balaban J connectivity index is 1.39. The molecule has 0 N–H and O–H groups in total. The van der Waals surface area contributed by atoms with E-state index in [1.807, 2.05) is 65.7 Å². The molecule has 0 radical (unpaired) electrons.